The average Bonchev–Trinajstić information content (AvgIpc) is 3.27. The average molecular weight is 425 g/mol. The van der Waals surface area contributed by atoms with Crippen LogP contribution in [0.2, 0.25) is 0 Å². The normalized spacial score (nSPS) is 14.0. The third kappa shape index (κ3) is 4.43. The molecule has 0 saturated carbocycles. The van der Waals surface area contributed by atoms with Gasteiger partial charge in [0.2, 0.25) is 11.8 Å². The number of carbonyl (C=O) groups is 1. The van der Waals surface area contributed by atoms with Gasteiger partial charge in [-0.25, -0.2) is 0 Å². The molecule has 0 radical (unpaired) electrons. The standard InChI is InChI=1S/C20H19N5O4S/c26-18(14-30-20-22-21-19(29-20)15-6-2-1-3-7-15)24-12-10-23(11-13-24)16-8-4-5-9-17(16)25(27)28/h1-9H,10-14H2. The highest BCUT2D eigenvalue weighted by Gasteiger charge is 2.25. The largest absolute Gasteiger partial charge is 0.411 e. The molecule has 1 aromatic heterocycles. The van der Waals surface area contributed by atoms with E-state index >= 15 is 0 Å². The number of nitro groups is 1. The van der Waals surface area contributed by atoms with Crippen molar-refractivity contribution in [3.8, 4) is 11.5 Å². The fraction of sp³-hybridized carbons (Fsp3) is 0.250. The van der Waals surface area contributed by atoms with Crippen molar-refractivity contribution >= 4 is 29.0 Å². The van der Waals surface area contributed by atoms with Gasteiger partial charge >= 0.3 is 0 Å². The molecule has 1 amide bonds. The van der Waals surface area contributed by atoms with Crippen LogP contribution in [0.15, 0.2) is 64.2 Å². The van der Waals surface area contributed by atoms with Crippen molar-refractivity contribution in [3.63, 3.8) is 0 Å². The van der Waals surface area contributed by atoms with Gasteiger partial charge < -0.3 is 14.2 Å². The lowest BCUT2D eigenvalue weighted by Crippen LogP contribution is -2.49. The van der Waals surface area contributed by atoms with Crippen LogP contribution in [0.25, 0.3) is 11.5 Å². The molecule has 0 bridgehead atoms. The summed E-state index contributed by atoms with van der Waals surface area (Å²) < 4.78 is 5.62. The maximum atomic E-state index is 12.6. The Morgan fingerprint density at radius 1 is 1.03 bits per heavy atom. The Hall–Kier alpha value is -3.40. The lowest BCUT2D eigenvalue weighted by Gasteiger charge is -2.35. The lowest BCUT2D eigenvalue weighted by molar-refractivity contribution is -0.384. The maximum Gasteiger partial charge on any atom is 0.292 e. The van der Waals surface area contributed by atoms with Crippen LogP contribution in [-0.4, -0.2) is 57.9 Å². The maximum absolute atomic E-state index is 12.6. The van der Waals surface area contributed by atoms with E-state index in [4.69, 9.17) is 4.42 Å². The second-order valence-corrected chi connectivity index (χ2v) is 7.57. The summed E-state index contributed by atoms with van der Waals surface area (Å²) >= 11 is 1.21. The number of amides is 1. The molecule has 3 aromatic rings. The summed E-state index contributed by atoms with van der Waals surface area (Å²) in [6.45, 7) is 2.09. The summed E-state index contributed by atoms with van der Waals surface area (Å²) in [5, 5.41) is 19.6. The van der Waals surface area contributed by atoms with Crippen LogP contribution in [-0.2, 0) is 4.79 Å². The predicted octanol–water partition coefficient (Wildman–Crippen LogP) is 3.09. The Labute approximate surface area is 176 Å². The molecular formula is C20H19N5O4S. The molecule has 0 N–H and O–H groups in total. The number of thioether (sulfide) groups is 1. The predicted molar refractivity (Wildman–Crippen MR) is 112 cm³/mol. The van der Waals surface area contributed by atoms with Crippen LogP contribution in [0.3, 0.4) is 0 Å². The van der Waals surface area contributed by atoms with Gasteiger partial charge in [-0.1, -0.05) is 42.1 Å². The number of anilines is 1. The number of piperazine rings is 1. The van der Waals surface area contributed by atoms with Crippen molar-refractivity contribution in [3.05, 3.63) is 64.7 Å². The van der Waals surface area contributed by atoms with Gasteiger partial charge in [-0.2, -0.15) is 0 Å². The SMILES string of the molecule is O=C(CSc1nnc(-c2ccccc2)o1)N1CCN(c2ccccc2[N+](=O)[O-])CC1. The Morgan fingerprint density at radius 3 is 2.47 bits per heavy atom. The zero-order chi connectivity index (χ0) is 20.9. The van der Waals surface area contributed by atoms with Crippen molar-refractivity contribution in [2.45, 2.75) is 5.22 Å². The Balaban J connectivity index is 1.30. The highest BCUT2D eigenvalue weighted by molar-refractivity contribution is 7.99. The fourth-order valence-electron chi connectivity index (χ4n) is 3.26. The topological polar surface area (TPSA) is 106 Å². The summed E-state index contributed by atoms with van der Waals surface area (Å²) in [5.41, 5.74) is 1.50. The number of hydrogen-bond acceptors (Lipinski definition) is 8. The lowest BCUT2D eigenvalue weighted by atomic mass is 10.2. The van der Waals surface area contributed by atoms with Gasteiger partial charge in [0.15, 0.2) is 0 Å². The number of para-hydroxylation sites is 2. The monoisotopic (exact) mass is 425 g/mol. The van der Waals surface area contributed by atoms with E-state index in [0.29, 0.717) is 43.0 Å². The summed E-state index contributed by atoms with van der Waals surface area (Å²) in [7, 11) is 0. The number of nitro benzene ring substituents is 1. The number of carbonyl (C=O) groups excluding carboxylic acids is 1. The fourth-order valence-corrected chi connectivity index (χ4v) is 3.93. The first kappa shape index (κ1) is 19.9. The molecule has 154 valence electrons. The molecule has 9 nitrogen and oxygen atoms in total. The van der Waals surface area contributed by atoms with Gasteiger partial charge in [-0.15, -0.1) is 10.2 Å². The van der Waals surface area contributed by atoms with Crippen LogP contribution in [0.5, 0.6) is 0 Å². The van der Waals surface area contributed by atoms with Crippen molar-refractivity contribution in [2.75, 3.05) is 36.8 Å². The molecular weight excluding hydrogens is 406 g/mol. The van der Waals surface area contributed by atoms with Crippen molar-refractivity contribution < 1.29 is 14.1 Å². The highest BCUT2D eigenvalue weighted by atomic mass is 32.2. The molecule has 1 fully saturated rings. The first-order valence-corrected chi connectivity index (χ1v) is 10.4. The van der Waals surface area contributed by atoms with Gasteiger partial charge in [0.1, 0.15) is 5.69 Å². The Morgan fingerprint density at radius 2 is 1.73 bits per heavy atom. The minimum Gasteiger partial charge on any atom is -0.411 e. The van der Waals surface area contributed by atoms with E-state index in [1.165, 1.54) is 17.8 Å². The van der Waals surface area contributed by atoms with Crippen molar-refractivity contribution in [1.82, 2.24) is 15.1 Å². The van der Waals surface area contributed by atoms with E-state index in [2.05, 4.69) is 10.2 Å². The minimum atomic E-state index is -0.377. The molecule has 2 heterocycles. The molecule has 4 rings (SSSR count). The van der Waals surface area contributed by atoms with Gasteiger partial charge in [0.05, 0.1) is 10.7 Å². The van der Waals surface area contributed by atoms with Crippen LogP contribution < -0.4 is 4.90 Å². The van der Waals surface area contributed by atoms with E-state index in [1.54, 1.807) is 23.1 Å². The first-order chi connectivity index (χ1) is 14.6. The van der Waals surface area contributed by atoms with Crippen molar-refractivity contribution in [2.24, 2.45) is 0 Å². The Bertz CT molecular complexity index is 1030. The van der Waals surface area contributed by atoms with Gasteiger partial charge in [-0.3, -0.25) is 14.9 Å². The quantitative estimate of drug-likeness (QED) is 0.337. The van der Waals surface area contributed by atoms with Gasteiger partial charge in [0.25, 0.3) is 10.9 Å². The molecule has 1 aliphatic rings. The minimum absolute atomic E-state index is 0.0262. The zero-order valence-corrected chi connectivity index (χ0v) is 16.8. The third-order valence-corrected chi connectivity index (χ3v) is 5.60. The van der Waals surface area contributed by atoms with Crippen molar-refractivity contribution in [1.29, 1.82) is 0 Å². The molecule has 0 spiro atoms. The summed E-state index contributed by atoms with van der Waals surface area (Å²) in [6.07, 6.45) is 0. The summed E-state index contributed by atoms with van der Waals surface area (Å²) in [6, 6.07) is 16.1. The molecule has 1 aliphatic heterocycles. The second kappa shape index (κ2) is 8.95. The third-order valence-electron chi connectivity index (χ3n) is 4.80. The molecule has 2 aromatic carbocycles. The summed E-state index contributed by atoms with van der Waals surface area (Å²) in [5.74, 6) is 0.590. The number of aromatic nitrogens is 2. The van der Waals surface area contributed by atoms with E-state index in [9.17, 15) is 14.9 Å². The van der Waals surface area contributed by atoms with Crippen LogP contribution in [0.1, 0.15) is 0 Å². The smallest absolute Gasteiger partial charge is 0.292 e. The first-order valence-electron chi connectivity index (χ1n) is 9.39. The molecule has 0 aliphatic carbocycles. The molecule has 30 heavy (non-hydrogen) atoms. The molecule has 0 unspecified atom stereocenters. The van der Waals surface area contributed by atoms with Crippen LogP contribution in [0.4, 0.5) is 11.4 Å². The number of rotatable bonds is 6. The van der Waals surface area contributed by atoms with Gasteiger partial charge in [-0.05, 0) is 18.2 Å². The second-order valence-electron chi connectivity index (χ2n) is 6.64. The zero-order valence-electron chi connectivity index (χ0n) is 16.0. The van der Waals surface area contributed by atoms with E-state index < -0.39 is 0 Å². The van der Waals surface area contributed by atoms with E-state index in [-0.39, 0.29) is 22.3 Å². The highest BCUT2D eigenvalue weighted by Crippen LogP contribution is 2.28. The number of nitrogens with zero attached hydrogens (tertiary/aromatic N) is 5. The van der Waals surface area contributed by atoms with Crippen LogP contribution in [0, 0.1) is 10.1 Å². The molecule has 1 saturated heterocycles. The summed E-state index contributed by atoms with van der Waals surface area (Å²) in [4.78, 5) is 27.1. The van der Waals surface area contributed by atoms with E-state index in [1.807, 2.05) is 35.2 Å². The molecule has 0 atom stereocenters. The van der Waals surface area contributed by atoms with Crippen LogP contribution >= 0.6 is 11.8 Å². The van der Waals surface area contributed by atoms with Gasteiger partial charge in [0, 0.05) is 37.8 Å². The van der Waals surface area contributed by atoms with E-state index in [0.717, 1.165) is 5.56 Å². The Kier molecular flexibility index (Phi) is 5.94. The molecule has 10 heteroatoms. The number of hydrogen-bond donors (Lipinski definition) is 0. The number of benzene rings is 2.